The summed E-state index contributed by atoms with van der Waals surface area (Å²) >= 11 is 7.25. The Hall–Kier alpha value is -2.68. The number of carbonyl (C=O) groups excluding carboxylic acids is 3. The fourth-order valence-electron chi connectivity index (χ4n) is 3.46. The number of imide groups is 1. The van der Waals surface area contributed by atoms with Crippen LogP contribution in [0.2, 0.25) is 5.02 Å². The molecule has 0 unspecified atom stereocenters. The predicted molar refractivity (Wildman–Crippen MR) is 115 cm³/mol. The fourth-order valence-corrected chi connectivity index (χ4v) is 4.21. The fraction of sp³-hybridized carbons (Fsp3) is 0.286. The summed E-state index contributed by atoms with van der Waals surface area (Å²) in [6, 6.07) is 10.2. The highest BCUT2D eigenvalue weighted by Gasteiger charge is 2.36. The first-order valence-electron chi connectivity index (χ1n) is 9.56. The van der Waals surface area contributed by atoms with Crippen LogP contribution in [0.4, 0.5) is 5.69 Å². The van der Waals surface area contributed by atoms with Gasteiger partial charge in [0, 0.05) is 43.8 Å². The van der Waals surface area contributed by atoms with Crippen molar-refractivity contribution in [2.45, 2.75) is 0 Å². The Morgan fingerprint density at radius 1 is 1.07 bits per heavy atom. The lowest BCUT2D eigenvalue weighted by Crippen LogP contribution is -2.48. The normalized spacial score (nSPS) is 17.4. The van der Waals surface area contributed by atoms with E-state index in [-0.39, 0.29) is 17.8 Å². The van der Waals surface area contributed by atoms with Crippen LogP contribution in [0.15, 0.2) is 53.6 Å². The molecule has 0 spiro atoms. The van der Waals surface area contributed by atoms with Crippen LogP contribution in [0.25, 0.3) is 0 Å². The van der Waals surface area contributed by atoms with E-state index in [0.717, 1.165) is 13.1 Å². The van der Waals surface area contributed by atoms with Crippen molar-refractivity contribution in [3.05, 3.63) is 63.5 Å². The van der Waals surface area contributed by atoms with Gasteiger partial charge in [0.2, 0.25) is 0 Å². The third-order valence-corrected chi connectivity index (χ3v) is 6.17. The molecule has 0 atom stereocenters. The molecule has 9 heteroatoms. The van der Waals surface area contributed by atoms with E-state index in [1.165, 1.54) is 22.3 Å². The van der Waals surface area contributed by atoms with Crippen LogP contribution >= 0.6 is 22.9 Å². The second-order valence-electron chi connectivity index (χ2n) is 6.93. The average molecular weight is 446 g/mol. The Bertz CT molecular complexity index is 967. The van der Waals surface area contributed by atoms with E-state index in [1.807, 2.05) is 16.3 Å². The van der Waals surface area contributed by atoms with E-state index in [2.05, 4.69) is 4.90 Å². The SMILES string of the molecule is O=C(OCCN1CCN(C2=CC(=O)N(c3ccc(Cl)cc3)C2=O)CC1)c1cccs1. The predicted octanol–water partition coefficient (Wildman–Crippen LogP) is 2.63. The summed E-state index contributed by atoms with van der Waals surface area (Å²) in [6.45, 7) is 3.64. The molecule has 1 aromatic carbocycles. The lowest BCUT2D eigenvalue weighted by Gasteiger charge is -2.36. The number of halogens is 1. The van der Waals surface area contributed by atoms with Gasteiger partial charge in [-0.05, 0) is 35.7 Å². The lowest BCUT2D eigenvalue weighted by atomic mass is 10.2. The summed E-state index contributed by atoms with van der Waals surface area (Å²) in [5.74, 6) is -0.966. The van der Waals surface area contributed by atoms with E-state index in [9.17, 15) is 14.4 Å². The van der Waals surface area contributed by atoms with Crippen molar-refractivity contribution in [1.29, 1.82) is 0 Å². The third kappa shape index (κ3) is 4.40. The number of hydrogen-bond donors (Lipinski definition) is 0. The molecule has 7 nitrogen and oxygen atoms in total. The number of thiophene rings is 1. The second kappa shape index (κ2) is 8.99. The van der Waals surface area contributed by atoms with Crippen molar-refractivity contribution < 1.29 is 19.1 Å². The first-order valence-corrected chi connectivity index (χ1v) is 10.8. The monoisotopic (exact) mass is 445 g/mol. The van der Waals surface area contributed by atoms with Gasteiger partial charge in [0.1, 0.15) is 17.2 Å². The van der Waals surface area contributed by atoms with Gasteiger partial charge in [0.15, 0.2) is 0 Å². The molecule has 0 radical (unpaired) electrons. The minimum atomic E-state index is -0.347. The molecule has 0 N–H and O–H groups in total. The van der Waals surface area contributed by atoms with Crippen LogP contribution in [0.5, 0.6) is 0 Å². The summed E-state index contributed by atoms with van der Waals surface area (Å²) in [7, 11) is 0. The smallest absolute Gasteiger partial charge is 0.348 e. The number of nitrogens with zero attached hydrogens (tertiary/aromatic N) is 3. The van der Waals surface area contributed by atoms with Gasteiger partial charge in [-0.15, -0.1) is 11.3 Å². The topological polar surface area (TPSA) is 70.2 Å². The highest BCUT2D eigenvalue weighted by Crippen LogP contribution is 2.26. The minimum Gasteiger partial charge on any atom is -0.460 e. The number of ether oxygens (including phenoxy) is 1. The Morgan fingerprint density at radius 2 is 1.80 bits per heavy atom. The molecule has 0 aliphatic carbocycles. The van der Waals surface area contributed by atoms with Crippen molar-refractivity contribution in [1.82, 2.24) is 9.80 Å². The van der Waals surface area contributed by atoms with Crippen LogP contribution < -0.4 is 4.90 Å². The van der Waals surface area contributed by atoms with E-state index in [0.29, 0.717) is 47.5 Å². The van der Waals surface area contributed by atoms with Gasteiger partial charge in [0.05, 0.1) is 5.69 Å². The maximum Gasteiger partial charge on any atom is 0.348 e. The molecule has 2 aromatic rings. The molecular formula is C21H20ClN3O4S. The number of rotatable bonds is 6. The Morgan fingerprint density at radius 3 is 2.47 bits per heavy atom. The second-order valence-corrected chi connectivity index (χ2v) is 8.31. The Kier molecular flexibility index (Phi) is 6.17. The molecule has 2 amide bonds. The number of benzene rings is 1. The standard InChI is InChI=1S/C21H20ClN3O4S/c22-15-3-5-16(6-4-15)25-19(26)14-17(20(25)27)24-9-7-23(8-10-24)11-12-29-21(28)18-2-1-13-30-18/h1-6,13-14H,7-12H2. The molecule has 2 aliphatic rings. The molecule has 1 saturated heterocycles. The first-order chi connectivity index (χ1) is 14.5. The summed E-state index contributed by atoms with van der Waals surface area (Å²) in [4.78, 5) is 43.0. The molecule has 156 valence electrons. The first kappa shape index (κ1) is 20.6. The number of anilines is 1. The highest BCUT2D eigenvalue weighted by atomic mass is 35.5. The molecule has 0 bridgehead atoms. The summed E-state index contributed by atoms with van der Waals surface area (Å²) in [6.07, 6.45) is 1.40. The maximum absolute atomic E-state index is 12.8. The van der Waals surface area contributed by atoms with Gasteiger partial charge in [-0.25, -0.2) is 9.69 Å². The minimum absolute atomic E-state index is 0.300. The number of piperazine rings is 1. The third-order valence-electron chi connectivity index (χ3n) is 5.06. The van der Waals surface area contributed by atoms with Crippen molar-refractivity contribution in [3.8, 4) is 0 Å². The van der Waals surface area contributed by atoms with E-state index < -0.39 is 0 Å². The zero-order valence-electron chi connectivity index (χ0n) is 16.1. The van der Waals surface area contributed by atoms with Gasteiger partial charge >= 0.3 is 5.97 Å². The quantitative estimate of drug-likeness (QED) is 0.503. The van der Waals surface area contributed by atoms with Crippen LogP contribution in [-0.4, -0.2) is 66.9 Å². The maximum atomic E-state index is 12.8. The van der Waals surface area contributed by atoms with Crippen molar-refractivity contribution in [3.63, 3.8) is 0 Å². The molecule has 1 fully saturated rings. The number of hydrogen-bond acceptors (Lipinski definition) is 7. The van der Waals surface area contributed by atoms with Gasteiger partial charge in [-0.2, -0.15) is 0 Å². The van der Waals surface area contributed by atoms with Crippen LogP contribution in [0.1, 0.15) is 9.67 Å². The molecule has 1 aromatic heterocycles. The van der Waals surface area contributed by atoms with Crippen LogP contribution in [0, 0.1) is 0 Å². The largest absolute Gasteiger partial charge is 0.460 e. The summed E-state index contributed by atoms with van der Waals surface area (Å²) in [5.41, 5.74) is 0.922. The molecular weight excluding hydrogens is 426 g/mol. The van der Waals surface area contributed by atoms with Crippen LogP contribution in [0.3, 0.4) is 0 Å². The number of amides is 2. The molecule has 0 saturated carbocycles. The highest BCUT2D eigenvalue weighted by molar-refractivity contribution is 7.11. The molecule has 4 rings (SSSR count). The van der Waals surface area contributed by atoms with Gasteiger partial charge in [-0.1, -0.05) is 17.7 Å². The van der Waals surface area contributed by atoms with Crippen molar-refractivity contribution in [2.24, 2.45) is 0 Å². The van der Waals surface area contributed by atoms with E-state index in [4.69, 9.17) is 16.3 Å². The molecule has 30 heavy (non-hydrogen) atoms. The van der Waals surface area contributed by atoms with E-state index in [1.54, 1.807) is 30.3 Å². The van der Waals surface area contributed by atoms with Crippen LogP contribution in [-0.2, 0) is 14.3 Å². The lowest BCUT2D eigenvalue weighted by molar-refractivity contribution is -0.121. The average Bonchev–Trinajstić information content (AvgIpc) is 3.38. The Balaban J connectivity index is 1.27. The van der Waals surface area contributed by atoms with Crippen molar-refractivity contribution >= 4 is 46.4 Å². The Labute approximate surface area is 183 Å². The zero-order chi connectivity index (χ0) is 21.1. The zero-order valence-corrected chi connectivity index (χ0v) is 17.7. The number of esters is 1. The summed E-state index contributed by atoms with van der Waals surface area (Å²) in [5, 5.41) is 2.39. The summed E-state index contributed by atoms with van der Waals surface area (Å²) < 4.78 is 5.31. The number of carbonyl (C=O) groups is 3. The molecule has 3 heterocycles. The van der Waals surface area contributed by atoms with E-state index >= 15 is 0 Å². The van der Waals surface area contributed by atoms with Gasteiger partial charge < -0.3 is 9.64 Å². The molecule has 2 aliphatic heterocycles. The van der Waals surface area contributed by atoms with Gasteiger partial charge in [-0.3, -0.25) is 14.5 Å². The van der Waals surface area contributed by atoms with Crippen molar-refractivity contribution in [2.75, 3.05) is 44.2 Å². The van der Waals surface area contributed by atoms with Gasteiger partial charge in [0.25, 0.3) is 11.8 Å².